The summed E-state index contributed by atoms with van der Waals surface area (Å²) >= 11 is 11.5. The normalized spacial score (nSPS) is 9.17. The Morgan fingerprint density at radius 3 is 2.58 bits per heavy atom. The van der Waals surface area contributed by atoms with Crippen molar-refractivity contribution >= 4 is 23.2 Å². The van der Waals surface area contributed by atoms with Crippen LogP contribution in [0, 0.1) is 11.3 Å². The largest absolute Gasteiger partial charge is 0.494 e. The molecule has 1 aromatic rings. The van der Waals surface area contributed by atoms with Crippen LogP contribution in [0.25, 0.3) is 0 Å². The number of benzene rings is 1. The standard InChI is InChI=1S/C8H5Cl2NO/c1-12-8-5(4-11)2-3-6(9)7(8)10/h2-3H,1H3. The molecule has 0 saturated heterocycles. The van der Waals surface area contributed by atoms with E-state index in [-0.39, 0.29) is 5.02 Å². The first-order chi connectivity index (χ1) is 5.70. The molecule has 0 aliphatic carbocycles. The van der Waals surface area contributed by atoms with E-state index in [1.54, 1.807) is 12.1 Å². The van der Waals surface area contributed by atoms with E-state index in [1.807, 2.05) is 6.07 Å². The number of hydrogen-bond acceptors (Lipinski definition) is 2. The van der Waals surface area contributed by atoms with Gasteiger partial charge in [-0.05, 0) is 12.1 Å². The van der Waals surface area contributed by atoms with Crippen molar-refractivity contribution < 1.29 is 4.74 Å². The van der Waals surface area contributed by atoms with Crippen LogP contribution in [-0.2, 0) is 0 Å². The van der Waals surface area contributed by atoms with Gasteiger partial charge in [-0.3, -0.25) is 0 Å². The maximum Gasteiger partial charge on any atom is 0.156 e. The van der Waals surface area contributed by atoms with Crippen molar-refractivity contribution in [3.8, 4) is 11.8 Å². The highest BCUT2D eigenvalue weighted by atomic mass is 35.5. The molecule has 62 valence electrons. The van der Waals surface area contributed by atoms with Crippen LogP contribution >= 0.6 is 23.2 Å². The van der Waals surface area contributed by atoms with E-state index in [0.29, 0.717) is 16.3 Å². The van der Waals surface area contributed by atoms with Gasteiger partial charge in [0.25, 0.3) is 0 Å². The van der Waals surface area contributed by atoms with Crippen LogP contribution in [0.1, 0.15) is 5.56 Å². The molecule has 0 aliphatic rings. The number of nitriles is 1. The van der Waals surface area contributed by atoms with E-state index in [0.717, 1.165) is 0 Å². The molecule has 0 N–H and O–H groups in total. The minimum atomic E-state index is 0.276. The van der Waals surface area contributed by atoms with Crippen molar-refractivity contribution in [2.24, 2.45) is 0 Å². The van der Waals surface area contributed by atoms with Crippen molar-refractivity contribution in [3.05, 3.63) is 27.7 Å². The summed E-state index contributed by atoms with van der Waals surface area (Å²) in [6.07, 6.45) is 0. The van der Waals surface area contributed by atoms with Crippen LogP contribution in [0.5, 0.6) is 5.75 Å². The lowest BCUT2D eigenvalue weighted by atomic mass is 10.2. The first-order valence-corrected chi connectivity index (χ1v) is 3.88. The number of hydrogen-bond donors (Lipinski definition) is 0. The summed E-state index contributed by atoms with van der Waals surface area (Å²) in [6.45, 7) is 0. The second-order valence-electron chi connectivity index (χ2n) is 2.05. The summed E-state index contributed by atoms with van der Waals surface area (Å²) in [5.41, 5.74) is 0.381. The predicted molar refractivity (Wildman–Crippen MR) is 47.7 cm³/mol. The third-order valence-electron chi connectivity index (χ3n) is 1.37. The van der Waals surface area contributed by atoms with E-state index in [2.05, 4.69) is 0 Å². The Bertz CT molecular complexity index is 344. The molecule has 12 heavy (non-hydrogen) atoms. The maximum absolute atomic E-state index is 8.63. The fourth-order valence-electron chi connectivity index (χ4n) is 0.820. The minimum absolute atomic E-state index is 0.276. The number of ether oxygens (including phenoxy) is 1. The molecular formula is C8H5Cl2NO. The average Bonchev–Trinajstić information content (AvgIpc) is 2.09. The van der Waals surface area contributed by atoms with E-state index in [1.165, 1.54) is 7.11 Å². The Hall–Kier alpha value is -0.910. The second kappa shape index (κ2) is 3.66. The Balaban J connectivity index is 3.38. The van der Waals surface area contributed by atoms with Crippen molar-refractivity contribution in [1.29, 1.82) is 5.26 Å². The molecule has 4 heteroatoms. The van der Waals surface area contributed by atoms with Gasteiger partial charge < -0.3 is 4.74 Å². The van der Waals surface area contributed by atoms with Crippen molar-refractivity contribution in [1.82, 2.24) is 0 Å². The van der Waals surface area contributed by atoms with Crippen molar-refractivity contribution in [2.75, 3.05) is 7.11 Å². The topological polar surface area (TPSA) is 33.0 Å². The first kappa shape index (κ1) is 9.18. The van der Waals surface area contributed by atoms with Crippen LogP contribution in [0.15, 0.2) is 12.1 Å². The Morgan fingerprint density at radius 2 is 2.08 bits per heavy atom. The zero-order valence-electron chi connectivity index (χ0n) is 6.27. The molecule has 0 amide bonds. The zero-order valence-corrected chi connectivity index (χ0v) is 7.78. The highest BCUT2D eigenvalue weighted by Gasteiger charge is 2.09. The fraction of sp³-hybridized carbons (Fsp3) is 0.125. The van der Waals surface area contributed by atoms with Gasteiger partial charge in [-0.1, -0.05) is 23.2 Å². The monoisotopic (exact) mass is 201 g/mol. The van der Waals surface area contributed by atoms with Gasteiger partial charge in [0.15, 0.2) is 5.75 Å². The van der Waals surface area contributed by atoms with E-state index in [4.69, 9.17) is 33.2 Å². The molecule has 0 bridgehead atoms. The number of nitrogens with zero attached hydrogens (tertiary/aromatic N) is 1. The molecule has 0 aromatic heterocycles. The summed E-state index contributed by atoms with van der Waals surface area (Å²) in [7, 11) is 1.44. The number of rotatable bonds is 1. The molecule has 0 aliphatic heterocycles. The van der Waals surface area contributed by atoms with Crippen LogP contribution in [0.3, 0.4) is 0 Å². The van der Waals surface area contributed by atoms with E-state index >= 15 is 0 Å². The van der Waals surface area contributed by atoms with E-state index in [9.17, 15) is 0 Å². The van der Waals surface area contributed by atoms with Crippen LogP contribution in [-0.4, -0.2) is 7.11 Å². The molecule has 0 atom stereocenters. The molecule has 1 rings (SSSR count). The summed E-state index contributed by atoms with van der Waals surface area (Å²) in [5.74, 6) is 0.326. The Kier molecular flexibility index (Phi) is 2.80. The highest BCUT2D eigenvalue weighted by molar-refractivity contribution is 6.43. The number of methoxy groups -OCH3 is 1. The average molecular weight is 202 g/mol. The van der Waals surface area contributed by atoms with Crippen LogP contribution in [0.2, 0.25) is 10.0 Å². The van der Waals surface area contributed by atoms with Gasteiger partial charge in [0.05, 0.1) is 17.7 Å². The summed E-state index contributed by atoms with van der Waals surface area (Å²) in [4.78, 5) is 0. The Labute approximate surface area is 80.3 Å². The van der Waals surface area contributed by atoms with Crippen molar-refractivity contribution in [2.45, 2.75) is 0 Å². The molecule has 0 heterocycles. The minimum Gasteiger partial charge on any atom is -0.494 e. The molecule has 0 unspecified atom stereocenters. The van der Waals surface area contributed by atoms with Gasteiger partial charge in [-0.25, -0.2) is 0 Å². The van der Waals surface area contributed by atoms with Crippen molar-refractivity contribution in [3.63, 3.8) is 0 Å². The molecule has 0 spiro atoms. The number of halogens is 2. The predicted octanol–water partition coefficient (Wildman–Crippen LogP) is 2.87. The third kappa shape index (κ3) is 1.47. The zero-order chi connectivity index (χ0) is 9.14. The molecular weight excluding hydrogens is 197 g/mol. The lowest BCUT2D eigenvalue weighted by molar-refractivity contribution is 0.414. The van der Waals surface area contributed by atoms with E-state index < -0.39 is 0 Å². The van der Waals surface area contributed by atoms with Gasteiger partial charge in [0, 0.05) is 0 Å². The molecule has 0 radical (unpaired) electrons. The van der Waals surface area contributed by atoms with Crippen LogP contribution in [0.4, 0.5) is 0 Å². The molecule has 2 nitrogen and oxygen atoms in total. The quantitative estimate of drug-likeness (QED) is 0.701. The van der Waals surface area contributed by atoms with Gasteiger partial charge >= 0.3 is 0 Å². The highest BCUT2D eigenvalue weighted by Crippen LogP contribution is 2.34. The van der Waals surface area contributed by atoms with Gasteiger partial charge in [-0.2, -0.15) is 5.26 Å². The first-order valence-electron chi connectivity index (χ1n) is 3.12. The Morgan fingerprint density at radius 1 is 1.42 bits per heavy atom. The lowest BCUT2D eigenvalue weighted by Gasteiger charge is -2.05. The summed E-state index contributed by atoms with van der Waals surface area (Å²) < 4.78 is 4.91. The fourth-order valence-corrected chi connectivity index (χ4v) is 1.21. The van der Waals surface area contributed by atoms with Gasteiger partial charge in [0.2, 0.25) is 0 Å². The maximum atomic E-state index is 8.63. The molecule has 1 aromatic carbocycles. The van der Waals surface area contributed by atoms with Gasteiger partial charge in [0.1, 0.15) is 11.1 Å². The van der Waals surface area contributed by atoms with Gasteiger partial charge in [-0.15, -0.1) is 0 Å². The second-order valence-corrected chi connectivity index (χ2v) is 2.84. The SMILES string of the molecule is COc1c(C#N)ccc(Cl)c1Cl. The van der Waals surface area contributed by atoms with Crippen LogP contribution < -0.4 is 4.74 Å². The molecule has 0 saturated carbocycles. The molecule has 0 fully saturated rings. The summed E-state index contributed by atoms with van der Waals surface area (Å²) in [5, 5.41) is 9.29. The summed E-state index contributed by atoms with van der Waals surface area (Å²) in [6, 6.07) is 5.07. The lowest BCUT2D eigenvalue weighted by Crippen LogP contribution is -1.89. The third-order valence-corrected chi connectivity index (χ3v) is 2.16. The smallest absolute Gasteiger partial charge is 0.156 e.